The highest BCUT2D eigenvalue weighted by atomic mass is 35.5. The summed E-state index contributed by atoms with van der Waals surface area (Å²) in [5, 5.41) is 10.1. The fraction of sp³-hybridized carbons (Fsp3) is 0.263. The second-order valence-electron chi connectivity index (χ2n) is 5.94. The SMILES string of the molecule is Cc1cccc(CSc2nnc(COc3ccc(Cl)c(C)c3)n2C)c1. The van der Waals surface area contributed by atoms with Gasteiger partial charge in [0.2, 0.25) is 0 Å². The lowest BCUT2D eigenvalue weighted by Gasteiger charge is -2.08. The number of aromatic nitrogens is 3. The third kappa shape index (κ3) is 4.55. The second-order valence-corrected chi connectivity index (χ2v) is 7.28. The normalized spacial score (nSPS) is 10.9. The van der Waals surface area contributed by atoms with E-state index in [1.165, 1.54) is 11.1 Å². The summed E-state index contributed by atoms with van der Waals surface area (Å²) in [7, 11) is 1.96. The predicted molar refractivity (Wildman–Crippen MR) is 102 cm³/mol. The molecule has 4 nitrogen and oxygen atoms in total. The first-order valence-corrected chi connectivity index (χ1v) is 9.35. The zero-order chi connectivity index (χ0) is 17.8. The van der Waals surface area contributed by atoms with E-state index in [0.717, 1.165) is 33.1 Å². The molecule has 0 aliphatic rings. The van der Waals surface area contributed by atoms with Gasteiger partial charge in [-0.1, -0.05) is 53.2 Å². The van der Waals surface area contributed by atoms with Crippen LogP contribution in [0.1, 0.15) is 22.5 Å². The van der Waals surface area contributed by atoms with Crippen molar-refractivity contribution in [1.82, 2.24) is 14.8 Å². The van der Waals surface area contributed by atoms with Crippen LogP contribution in [0, 0.1) is 13.8 Å². The number of benzene rings is 2. The Kier molecular flexibility index (Phi) is 5.66. The van der Waals surface area contributed by atoms with Crippen molar-refractivity contribution in [2.24, 2.45) is 7.05 Å². The largest absolute Gasteiger partial charge is 0.486 e. The van der Waals surface area contributed by atoms with Gasteiger partial charge in [0, 0.05) is 17.8 Å². The minimum atomic E-state index is 0.371. The van der Waals surface area contributed by atoms with Gasteiger partial charge in [-0.2, -0.15) is 0 Å². The standard InChI is InChI=1S/C19H20ClN3OS/c1-13-5-4-6-15(9-13)12-25-19-22-21-18(23(19)3)11-24-16-7-8-17(20)14(2)10-16/h4-10H,11-12H2,1-3H3. The molecule has 0 radical (unpaired) electrons. The first-order chi connectivity index (χ1) is 12.0. The first kappa shape index (κ1) is 17.8. The van der Waals surface area contributed by atoms with E-state index in [0.29, 0.717) is 6.61 Å². The van der Waals surface area contributed by atoms with Crippen LogP contribution in [0.5, 0.6) is 5.75 Å². The molecule has 0 saturated heterocycles. The van der Waals surface area contributed by atoms with E-state index in [9.17, 15) is 0 Å². The molecule has 2 aromatic carbocycles. The summed E-state index contributed by atoms with van der Waals surface area (Å²) in [6.45, 7) is 4.43. The van der Waals surface area contributed by atoms with Gasteiger partial charge in [0.05, 0.1) is 0 Å². The molecule has 0 aliphatic heterocycles. The monoisotopic (exact) mass is 373 g/mol. The lowest BCUT2D eigenvalue weighted by molar-refractivity contribution is 0.290. The molecule has 0 amide bonds. The smallest absolute Gasteiger partial charge is 0.191 e. The van der Waals surface area contributed by atoms with Gasteiger partial charge in [-0.25, -0.2) is 0 Å². The van der Waals surface area contributed by atoms with Crippen molar-refractivity contribution in [3.63, 3.8) is 0 Å². The van der Waals surface area contributed by atoms with Crippen LogP contribution in [0.25, 0.3) is 0 Å². The first-order valence-electron chi connectivity index (χ1n) is 7.98. The number of hydrogen-bond donors (Lipinski definition) is 0. The Bertz CT molecular complexity index is 879. The van der Waals surface area contributed by atoms with E-state index in [1.54, 1.807) is 11.8 Å². The maximum absolute atomic E-state index is 6.04. The Morgan fingerprint density at radius 3 is 2.72 bits per heavy atom. The summed E-state index contributed by atoms with van der Waals surface area (Å²) in [5.74, 6) is 2.43. The van der Waals surface area contributed by atoms with Crippen LogP contribution in [0.4, 0.5) is 0 Å². The number of hydrogen-bond acceptors (Lipinski definition) is 4. The van der Waals surface area contributed by atoms with Crippen molar-refractivity contribution >= 4 is 23.4 Å². The van der Waals surface area contributed by atoms with Gasteiger partial charge in [-0.15, -0.1) is 10.2 Å². The van der Waals surface area contributed by atoms with Crippen molar-refractivity contribution in [2.75, 3.05) is 0 Å². The molecule has 1 aromatic heterocycles. The van der Waals surface area contributed by atoms with Gasteiger partial charge < -0.3 is 9.30 Å². The Balaban J connectivity index is 1.61. The Hall–Kier alpha value is -1.98. The molecular weight excluding hydrogens is 354 g/mol. The summed E-state index contributed by atoms with van der Waals surface area (Å²) in [6.07, 6.45) is 0. The van der Waals surface area contributed by atoms with Crippen LogP contribution >= 0.6 is 23.4 Å². The number of ether oxygens (including phenoxy) is 1. The maximum atomic E-state index is 6.04. The van der Waals surface area contributed by atoms with Crippen molar-refractivity contribution in [2.45, 2.75) is 31.4 Å². The van der Waals surface area contributed by atoms with Crippen molar-refractivity contribution in [3.8, 4) is 5.75 Å². The molecule has 0 unspecified atom stereocenters. The van der Waals surface area contributed by atoms with Crippen LogP contribution < -0.4 is 4.74 Å². The number of aryl methyl sites for hydroxylation is 2. The molecule has 0 bridgehead atoms. The molecule has 0 aliphatic carbocycles. The van der Waals surface area contributed by atoms with Crippen molar-refractivity contribution < 1.29 is 4.74 Å². The highest BCUT2D eigenvalue weighted by molar-refractivity contribution is 7.98. The van der Waals surface area contributed by atoms with E-state index in [1.807, 2.05) is 36.7 Å². The van der Waals surface area contributed by atoms with Gasteiger partial charge in [-0.3, -0.25) is 0 Å². The number of thioether (sulfide) groups is 1. The summed E-state index contributed by atoms with van der Waals surface area (Å²) in [6, 6.07) is 14.1. The molecular formula is C19H20ClN3OS. The summed E-state index contributed by atoms with van der Waals surface area (Å²) < 4.78 is 7.78. The van der Waals surface area contributed by atoms with Crippen LogP contribution in [0.3, 0.4) is 0 Å². The number of nitrogens with zero attached hydrogens (tertiary/aromatic N) is 3. The molecule has 3 rings (SSSR count). The molecule has 0 saturated carbocycles. The summed E-state index contributed by atoms with van der Waals surface area (Å²) in [4.78, 5) is 0. The van der Waals surface area contributed by atoms with Crippen LogP contribution in [0.15, 0.2) is 47.6 Å². The van der Waals surface area contributed by atoms with Crippen LogP contribution in [-0.2, 0) is 19.4 Å². The minimum absolute atomic E-state index is 0.371. The average molecular weight is 374 g/mol. The Morgan fingerprint density at radius 1 is 1.12 bits per heavy atom. The molecule has 0 spiro atoms. The van der Waals surface area contributed by atoms with Gasteiger partial charge in [-0.05, 0) is 43.2 Å². The van der Waals surface area contributed by atoms with Gasteiger partial charge in [0.25, 0.3) is 0 Å². The second kappa shape index (κ2) is 7.93. The molecule has 1 heterocycles. The van der Waals surface area contributed by atoms with Crippen molar-refractivity contribution in [3.05, 3.63) is 70.0 Å². The zero-order valence-electron chi connectivity index (χ0n) is 14.5. The minimum Gasteiger partial charge on any atom is -0.486 e. The summed E-state index contributed by atoms with van der Waals surface area (Å²) in [5.41, 5.74) is 3.54. The lowest BCUT2D eigenvalue weighted by Crippen LogP contribution is -2.04. The predicted octanol–water partition coefficient (Wildman–Crippen LogP) is 4.96. The lowest BCUT2D eigenvalue weighted by atomic mass is 10.2. The quantitative estimate of drug-likeness (QED) is 0.573. The molecule has 3 aromatic rings. The Labute approximate surface area is 157 Å². The van der Waals surface area contributed by atoms with E-state index >= 15 is 0 Å². The molecule has 0 atom stereocenters. The van der Waals surface area contributed by atoms with Crippen LogP contribution in [0.2, 0.25) is 5.02 Å². The third-order valence-electron chi connectivity index (χ3n) is 3.87. The average Bonchev–Trinajstić information content (AvgIpc) is 2.94. The highest BCUT2D eigenvalue weighted by Gasteiger charge is 2.10. The molecule has 25 heavy (non-hydrogen) atoms. The Morgan fingerprint density at radius 2 is 1.96 bits per heavy atom. The topological polar surface area (TPSA) is 39.9 Å². The van der Waals surface area contributed by atoms with Crippen LogP contribution in [-0.4, -0.2) is 14.8 Å². The van der Waals surface area contributed by atoms with E-state index in [4.69, 9.17) is 16.3 Å². The zero-order valence-corrected chi connectivity index (χ0v) is 16.1. The molecule has 130 valence electrons. The summed E-state index contributed by atoms with van der Waals surface area (Å²) >= 11 is 7.71. The van der Waals surface area contributed by atoms with E-state index in [2.05, 4.69) is 41.4 Å². The fourth-order valence-electron chi connectivity index (χ4n) is 2.40. The van der Waals surface area contributed by atoms with Gasteiger partial charge in [0.1, 0.15) is 12.4 Å². The fourth-order valence-corrected chi connectivity index (χ4v) is 3.39. The number of halogens is 1. The molecule has 0 N–H and O–H groups in total. The van der Waals surface area contributed by atoms with E-state index in [-0.39, 0.29) is 0 Å². The van der Waals surface area contributed by atoms with Crippen molar-refractivity contribution in [1.29, 1.82) is 0 Å². The van der Waals surface area contributed by atoms with Gasteiger partial charge in [0.15, 0.2) is 11.0 Å². The number of rotatable bonds is 6. The van der Waals surface area contributed by atoms with E-state index < -0.39 is 0 Å². The highest BCUT2D eigenvalue weighted by Crippen LogP contribution is 2.24. The molecule has 0 fully saturated rings. The third-order valence-corrected chi connectivity index (χ3v) is 5.39. The van der Waals surface area contributed by atoms with Gasteiger partial charge >= 0.3 is 0 Å². The molecule has 6 heteroatoms. The maximum Gasteiger partial charge on any atom is 0.191 e.